The predicted octanol–water partition coefficient (Wildman–Crippen LogP) is 3.45. The van der Waals surface area contributed by atoms with Gasteiger partial charge < -0.3 is 5.32 Å². The molecule has 1 saturated carbocycles. The molecule has 1 aromatic heterocycles. The molecule has 1 heterocycles. The summed E-state index contributed by atoms with van der Waals surface area (Å²) in [6.45, 7) is 3.06. The number of likely N-dealkylation sites (N-methyl/N-ethyl adjacent to an activating group) is 1. The Hall–Kier alpha value is -1.12. The summed E-state index contributed by atoms with van der Waals surface area (Å²) in [7, 11) is 2.02. The van der Waals surface area contributed by atoms with E-state index in [1.807, 2.05) is 14.0 Å². The highest BCUT2D eigenvalue weighted by molar-refractivity contribution is 6.30. The Bertz CT molecular complexity index is 603. The van der Waals surface area contributed by atoms with E-state index in [0.717, 1.165) is 17.6 Å². The average Bonchev–Trinajstić information content (AvgIpc) is 3.11. The quantitative estimate of drug-likeness (QED) is 0.855. The highest BCUT2D eigenvalue weighted by Gasteiger charge is 2.43. The van der Waals surface area contributed by atoms with Crippen molar-refractivity contribution in [3.8, 4) is 0 Å². The number of pyridine rings is 1. The Labute approximate surface area is 112 Å². The zero-order chi connectivity index (χ0) is 12.8. The smallest absolute Gasteiger partial charge is 0.132 e. The van der Waals surface area contributed by atoms with Gasteiger partial charge in [-0.15, -0.1) is 0 Å². The van der Waals surface area contributed by atoms with Gasteiger partial charge in [0, 0.05) is 17.3 Å². The molecule has 94 valence electrons. The first kappa shape index (κ1) is 11.9. The van der Waals surface area contributed by atoms with Gasteiger partial charge in [-0.3, -0.25) is 0 Å². The highest BCUT2D eigenvalue weighted by Crippen LogP contribution is 2.48. The molecule has 1 aliphatic carbocycles. The van der Waals surface area contributed by atoms with Crippen LogP contribution in [0.25, 0.3) is 10.9 Å². The molecule has 0 spiro atoms. The average molecular weight is 261 g/mol. The van der Waals surface area contributed by atoms with Crippen molar-refractivity contribution in [3.05, 3.63) is 40.5 Å². The molecule has 1 aliphatic rings. The van der Waals surface area contributed by atoms with Crippen LogP contribution in [0.15, 0.2) is 24.3 Å². The molecule has 1 N–H and O–H groups in total. The zero-order valence-electron chi connectivity index (χ0n) is 10.8. The first-order valence-electron chi connectivity index (χ1n) is 6.37. The van der Waals surface area contributed by atoms with Crippen LogP contribution < -0.4 is 5.32 Å². The molecule has 0 atom stereocenters. The van der Waals surface area contributed by atoms with Crippen molar-refractivity contribution in [2.75, 3.05) is 13.6 Å². The second-order valence-electron chi connectivity index (χ2n) is 5.31. The molecule has 0 saturated heterocycles. The van der Waals surface area contributed by atoms with Crippen LogP contribution in [-0.4, -0.2) is 18.6 Å². The fourth-order valence-corrected chi connectivity index (χ4v) is 2.79. The molecule has 0 radical (unpaired) electrons. The van der Waals surface area contributed by atoms with Crippen molar-refractivity contribution < 1.29 is 0 Å². The molecular weight excluding hydrogens is 244 g/mol. The lowest BCUT2D eigenvalue weighted by Gasteiger charge is -2.15. The van der Waals surface area contributed by atoms with Gasteiger partial charge in [-0.1, -0.05) is 17.7 Å². The molecule has 3 heteroatoms. The maximum atomic E-state index is 6.06. The van der Waals surface area contributed by atoms with Crippen LogP contribution >= 0.6 is 11.6 Å². The number of fused-ring (bicyclic) bond motifs is 1. The van der Waals surface area contributed by atoms with Gasteiger partial charge in [-0.05, 0) is 56.1 Å². The lowest BCUT2D eigenvalue weighted by molar-refractivity contribution is 0.625. The number of hydrogen-bond acceptors (Lipinski definition) is 2. The summed E-state index contributed by atoms with van der Waals surface area (Å²) in [6, 6.07) is 8.69. The third kappa shape index (κ3) is 1.90. The Kier molecular flexibility index (Phi) is 2.80. The van der Waals surface area contributed by atoms with E-state index in [-0.39, 0.29) is 0 Å². The molecule has 18 heavy (non-hydrogen) atoms. The van der Waals surface area contributed by atoms with Crippen LogP contribution in [0.2, 0.25) is 5.15 Å². The summed E-state index contributed by atoms with van der Waals surface area (Å²) < 4.78 is 0. The van der Waals surface area contributed by atoms with Gasteiger partial charge in [0.15, 0.2) is 0 Å². The van der Waals surface area contributed by atoms with E-state index in [1.165, 1.54) is 23.8 Å². The van der Waals surface area contributed by atoms with Crippen LogP contribution in [0, 0.1) is 6.92 Å². The first-order valence-corrected chi connectivity index (χ1v) is 6.74. The number of nitrogens with one attached hydrogen (secondary N) is 1. The molecule has 0 bridgehead atoms. The van der Waals surface area contributed by atoms with Gasteiger partial charge in [0.1, 0.15) is 5.15 Å². The maximum absolute atomic E-state index is 6.06. The number of halogens is 1. The molecular formula is C15H17ClN2. The van der Waals surface area contributed by atoms with Crippen LogP contribution in [0.1, 0.15) is 24.0 Å². The normalized spacial score (nSPS) is 17.1. The summed E-state index contributed by atoms with van der Waals surface area (Å²) in [6.07, 6.45) is 2.55. The van der Waals surface area contributed by atoms with Gasteiger partial charge >= 0.3 is 0 Å². The summed E-state index contributed by atoms with van der Waals surface area (Å²) >= 11 is 6.06. The van der Waals surface area contributed by atoms with E-state index in [4.69, 9.17) is 11.6 Å². The third-order valence-corrected chi connectivity index (χ3v) is 4.31. The van der Waals surface area contributed by atoms with Crippen molar-refractivity contribution in [3.63, 3.8) is 0 Å². The molecule has 1 aromatic carbocycles. The van der Waals surface area contributed by atoms with Crippen molar-refractivity contribution in [1.82, 2.24) is 10.3 Å². The number of aryl methyl sites for hydroxylation is 1. The van der Waals surface area contributed by atoms with Crippen molar-refractivity contribution in [1.29, 1.82) is 0 Å². The second kappa shape index (κ2) is 4.22. The molecule has 2 aromatic rings. The number of hydrogen-bond donors (Lipinski definition) is 1. The van der Waals surface area contributed by atoms with Crippen LogP contribution in [0.5, 0.6) is 0 Å². The minimum atomic E-state index is 0.358. The summed E-state index contributed by atoms with van der Waals surface area (Å²) in [5, 5.41) is 5.10. The zero-order valence-corrected chi connectivity index (χ0v) is 11.5. The fraction of sp³-hybridized carbons (Fsp3) is 0.400. The maximum Gasteiger partial charge on any atom is 0.132 e. The third-order valence-electron chi connectivity index (χ3n) is 3.92. The van der Waals surface area contributed by atoms with E-state index >= 15 is 0 Å². The van der Waals surface area contributed by atoms with Gasteiger partial charge in [0.2, 0.25) is 0 Å². The van der Waals surface area contributed by atoms with E-state index in [0.29, 0.717) is 10.6 Å². The minimum Gasteiger partial charge on any atom is -0.319 e. The topological polar surface area (TPSA) is 24.9 Å². The summed E-state index contributed by atoms with van der Waals surface area (Å²) in [4.78, 5) is 4.41. The Morgan fingerprint density at radius 2 is 2.11 bits per heavy atom. The molecule has 0 amide bonds. The van der Waals surface area contributed by atoms with E-state index < -0.39 is 0 Å². The van der Waals surface area contributed by atoms with Crippen molar-refractivity contribution in [2.24, 2.45) is 0 Å². The molecule has 3 rings (SSSR count). The summed E-state index contributed by atoms with van der Waals surface area (Å²) in [5.74, 6) is 0. The van der Waals surface area contributed by atoms with E-state index in [2.05, 4.69) is 34.6 Å². The van der Waals surface area contributed by atoms with Crippen molar-refractivity contribution >= 4 is 22.5 Å². The van der Waals surface area contributed by atoms with Crippen LogP contribution in [-0.2, 0) is 5.41 Å². The number of nitrogens with zero attached hydrogens (tertiary/aromatic N) is 1. The lowest BCUT2D eigenvalue weighted by atomic mass is 9.94. The second-order valence-corrected chi connectivity index (χ2v) is 5.67. The Morgan fingerprint density at radius 3 is 2.78 bits per heavy atom. The predicted molar refractivity (Wildman–Crippen MR) is 76.3 cm³/mol. The molecule has 2 nitrogen and oxygen atoms in total. The Morgan fingerprint density at radius 1 is 1.33 bits per heavy atom. The van der Waals surface area contributed by atoms with Crippen molar-refractivity contribution in [2.45, 2.75) is 25.2 Å². The van der Waals surface area contributed by atoms with Gasteiger partial charge in [0.25, 0.3) is 0 Å². The molecule has 0 unspecified atom stereocenters. The lowest BCUT2D eigenvalue weighted by Crippen LogP contribution is -2.23. The van der Waals surface area contributed by atoms with E-state index in [9.17, 15) is 0 Å². The van der Waals surface area contributed by atoms with E-state index in [1.54, 1.807) is 0 Å². The first-order chi connectivity index (χ1) is 8.64. The SMILES string of the molecule is CNCC1(c2ccc3nc(Cl)c(C)cc3c2)CC1. The largest absolute Gasteiger partial charge is 0.319 e. The van der Waals surface area contributed by atoms with Crippen LogP contribution in [0.4, 0.5) is 0 Å². The number of benzene rings is 1. The highest BCUT2D eigenvalue weighted by atomic mass is 35.5. The standard InChI is InChI=1S/C15H17ClN2/c1-10-7-11-8-12(15(5-6-15)9-17-2)3-4-13(11)18-14(10)16/h3-4,7-8,17H,5-6,9H2,1-2H3. The van der Waals surface area contributed by atoms with Crippen LogP contribution in [0.3, 0.4) is 0 Å². The monoisotopic (exact) mass is 260 g/mol. The Balaban J connectivity index is 2.08. The summed E-state index contributed by atoms with van der Waals surface area (Å²) in [5.41, 5.74) is 3.80. The molecule has 0 aliphatic heterocycles. The van der Waals surface area contributed by atoms with Gasteiger partial charge in [-0.2, -0.15) is 0 Å². The number of aromatic nitrogens is 1. The minimum absolute atomic E-state index is 0.358. The van der Waals surface area contributed by atoms with Gasteiger partial charge in [0.05, 0.1) is 5.52 Å². The number of rotatable bonds is 3. The fourth-order valence-electron chi connectivity index (χ4n) is 2.65. The van der Waals surface area contributed by atoms with Gasteiger partial charge in [-0.25, -0.2) is 4.98 Å². The molecule has 1 fully saturated rings.